The molecule has 0 unspecified atom stereocenters. The average molecular weight is 760 g/mol. The second-order valence-electron chi connectivity index (χ2n) is 14.7. The van der Waals surface area contributed by atoms with Crippen molar-refractivity contribution in [2.24, 2.45) is 0 Å². The highest BCUT2D eigenvalue weighted by Crippen LogP contribution is 2.47. The number of para-hydroxylation sites is 4. The number of furan rings is 1. The van der Waals surface area contributed by atoms with Crippen molar-refractivity contribution in [2.75, 3.05) is 4.90 Å². The Labute approximate surface area is 351 Å². The molecule has 0 saturated heterocycles. The van der Waals surface area contributed by atoms with Gasteiger partial charge in [-0.2, -0.15) is 0 Å². The Morgan fingerprint density at radius 3 is 1.88 bits per heavy atom. The van der Waals surface area contributed by atoms with E-state index in [1.165, 1.54) is 0 Å². The first-order chi connectivity index (χ1) is 32.2. The van der Waals surface area contributed by atoms with E-state index < -0.39 is 36.3 Å². The topological polar surface area (TPSA) is 21.3 Å². The number of hydrogen-bond donors (Lipinski definition) is 0. The van der Waals surface area contributed by atoms with Gasteiger partial charge in [0, 0.05) is 43.7 Å². The Bertz CT molecular complexity index is 3930. The van der Waals surface area contributed by atoms with Gasteiger partial charge in [-0.1, -0.05) is 158 Å². The molecule has 0 aliphatic heterocycles. The first-order valence-corrected chi connectivity index (χ1v) is 19.6. The van der Waals surface area contributed by atoms with Crippen molar-refractivity contribution < 1.29 is 14.0 Å². The van der Waals surface area contributed by atoms with Crippen LogP contribution in [-0.4, -0.2) is 4.57 Å². The van der Waals surface area contributed by atoms with E-state index in [0.717, 1.165) is 76.9 Å². The molecule has 0 N–H and O–H groups in total. The van der Waals surface area contributed by atoms with Crippen LogP contribution in [0.1, 0.15) is 9.60 Å². The molecule has 0 amide bonds. The molecule has 12 rings (SSSR count). The SMILES string of the molecule is [2H]c1c([2H])c([2H])c2c(N(c3ccc(-c4ccccc4-n4c5ccccc5c5ccccc54)cc3)c3ccccc3-c3cccc4oc5cc6ccccc6cc5c34)c([2H])c([2H])c([2H])c2c1[2H]. The van der Waals surface area contributed by atoms with Gasteiger partial charge in [-0.05, 0) is 87.9 Å². The van der Waals surface area contributed by atoms with Crippen LogP contribution in [0, 0.1) is 0 Å². The van der Waals surface area contributed by atoms with Gasteiger partial charge in [-0.15, -0.1) is 0 Å². The Kier molecular flexibility index (Phi) is 6.09. The van der Waals surface area contributed by atoms with Crippen LogP contribution in [0.2, 0.25) is 0 Å². The summed E-state index contributed by atoms with van der Waals surface area (Å²) in [5.41, 5.74) is 9.36. The van der Waals surface area contributed by atoms with Crippen molar-refractivity contribution in [3.63, 3.8) is 0 Å². The highest BCUT2D eigenvalue weighted by molar-refractivity contribution is 6.17. The smallest absolute Gasteiger partial charge is 0.136 e. The molecule has 3 nitrogen and oxygen atoms in total. The highest BCUT2D eigenvalue weighted by atomic mass is 16.3. The van der Waals surface area contributed by atoms with E-state index in [1.807, 2.05) is 95.9 Å². The van der Waals surface area contributed by atoms with Gasteiger partial charge in [-0.3, -0.25) is 0 Å². The Hall–Kier alpha value is -7.88. The summed E-state index contributed by atoms with van der Waals surface area (Å²) in [4.78, 5) is 1.82. The number of fused-ring (bicyclic) bond motifs is 8. The van der Waals surface area contributed by atoms with Crippen LogP contribution in [0.25, 0.3) is 93.2 Å². The minimum absolute atomic E-state index is 0.0129. The van der Waals surface area contributed by atoms with E-state index >= 15 is 0 Å². The third-order valence-corrected chi connectivity index (χ3v) is 11.5. The van der Waals surface area contributed by atoms with E-state index in [0.29, 0.717) is 17.0 Å². The summed E-state index contributed by atoms with van der Waals surface area (Å²) in [6.45, 7) is 0. The standard InChI is InChI=1S/C56H36N2O/c1-2-17-40-36-55-48(35-39(40)16-1)56-47(24-14-30-54(56)59-55)46-23-8-10-26-51(46)57(49-29-13-18-37-15-3-4-19-42(37)49)41-33-31-38(32-34-41)43-20-5-9-25-50(43)58-52-27-11-6-21-44(52)45-22-7-12-28-53(45)58/h1-36H/i3D,4D,13D,15D,18D,19D,29D. The third-order valence-electron chi connectivity index (χ3n) is 11.5. The molecule has 0 bridgehead atoms. The largest absolute Gasteiger partial charge is 0.456 e. The van der Waals surface area contributed by atoms with Crippen LogP contribution >= 0.6 is 0 Å². The van der Waals surface area contributed by atoms with Crippen LogP contribution in [0.5, 0.6) is 0 Å². The number of rotatable bonds is 6. The molecule has 0 spiro atoms. The van der Waals surface area contributed by atoms with E-state index in [1.54, 1.807) is 0 Å². The summed E-state index contributed by atoms with van der Waals surface area (Å²) in [6, 6.07) is 56.0. The minimum Gasteiger partial charge on any atom is -0.456 e. The predicted molar refractivity (Wildman–Crippen MR) is 249 cm³/mol. The van der Waals surface area contributed by atoms with Gasteiger partial charge in [0.1, 0.15) is 11.2 Å². The molecule has 0 radical (unpaired) electrons. The Balaban J connectivity index is 1.12. The summed E-state index contributed by atoms with van der Waals surface area (Å²) < 4.78 is 72.2. The van der Waals surface area contributed by atoms with Crippen molar-refractivity contribution in [1.82, 2.24) is 4.57 Å². The van der Waals surface area contributed by atoms with Gasteiger partial charge in [0.2, 0.25) is 0 Å². The summed E-state index contributed by atoms with van der Waals surface area (Å²) in [5, 5.41) is 6.12. The first kappa shape index (κ1) is 26.9. The second-order valence-corrected chi connectivity index (χ2v) is 14.7. The molecular formula is C56H36N2O. The van der Waals surface area contributed by atoms with Gasteiger partial charge in [-0.25, -0.2) is 0 Å². The third kappa shape index (κ3) is 5.29. The summed E-state index contributed by atoms with van der Waals surface area (Å²) in [5.74, 6) is 0. The van der Waals surface area contributed by atoms with Crippen LogP contribution in [0.4, 0.5) is 17.1 Å². The molecule has 12 aromatic rings. The number of nitrogens with zero attached hydrogens (tertiary/aromatic N) is 2. The second kappa shape index (κ2) is 13.4. The van der Waals surface area contributed by atoms with Crippen molar-refractivity contribution in [3.8, 4) is 27.9 Å². The fraction of sp³-hybridized carbons (Fsp3) is 0. The van der Waals surface area contributed by atoms with E-state index in [2.05, 4.69) is 89.5 Å². The zero-order valence-electron chi connectivity index (χ0n) is 38.5. The molecule has 2 aromatic heterocycles. The summed E-state index contributed by atoms with van der Waals surface area (Å²) in [7, 11) is 0. The van der Waals surface area contributed by atoms with Crippen molar-refractivity contribution in [3.05, 3.63) is 218 Å². The van der Waals surface area contributed by atoms with Crippen LogP contribution < -0.4 is 4.90 Å². The maximum absolute atomic E-state index is 9.60. The molecule has 2 heterocycles. The molecule has 59 heavy (non-hydrogen) atoms. The van der Waals surface area contributed by atoms with Gasteiger partial charge < -0.3 is 13.9 Å². The molecule has 0 fully saturated rings. The predicted octanol–water partition coefficient (Wildman–Crippen LogP) is 15.8. The molecule has 0 saturated carbocycles. The van der Waals surface area contributed by atoms with Crippen LogP contribution in [-0.2, 0) is 0 Å². The highest BCUT2D eigenvalue weighted by Gasteiger charge is 2.22. The molecule has 3 heteroatoms. The van der Waals surface area contributed by atoms with E-state index in [-0.39, 0.29) is 22.5 Å². The minimum atomic E-state index is -0.506. The quantitative estimate of drug-likeness (QED) is 0.168. The normalized spacial score (nSPS) is 13.4. The average Bonchev–Trinajstić information content (AvgIpc) is 3.90. The zero-order chi connectivity index (χ0) is 45.0. The molecular weight excluding hydrogens is 717 g/mol. The van der Waals surface area contributed by atoms with Crippen LogP contribution in [0.3, 0.4) is 0 Å². The first-order valence-electron chi connectivity index (χ1n) is 23.1. The number of benzene rings is 10. The number of aromatic nitrogens is 1. The maximum Gasteiger partial charge on any atom is 0.136 e. The Morgan fingerprint density at radius 2 is 1.07 bits per heavy atom. The number of hydrogen-bond acceptors (Lipinski definition) is 2. The van der Waals surface area contributed by atoms with Gasteiger partial charge in [0.05, 0.1) is 37.7 Å². The molecule has 0 atom stereocenters. The summed E-state index contributed by atoms with van der Waals surface area (Å²) in [6.07, 6.45) is 0. The number of anilines is 3. The van der Waals surface area contributed by atoms with E-state index in [4.69, 9.17) is 11.3 Å². The maximum atomic E-state index is 9.60. The van der Waals surface area contributed by atoms with Crippen molar-refractivity contribution in [2.45, 2.75) is 0 Å². The Morgan fingerprint density at radius 1 is 0.424 bits per heavy atom. The van der Waals surface area contributed by atoms with Crippen LogP contribution in [0.15, 0.2) is 223 Å². The van der Waals surface area contributed by atoms with Gasteiger partial charge >= 0.3 is 0 Å². The molecule has 0 aliphatic carbocycles. The molecule has 276 valence electrons. The van der Waals surface area contributed by atoms with E-state index in [9.17, 15) is 2.74 Å². The van der Waals surface area contributed by atoms with Gasteiger partial charge in [0.15, 0.2) is 0 Å². The lowest BCUT2D eigenvalue weighted by Crippen LogP contribution is -2.11. The lowest BCUT2D eigenvalue weighted by molar-refractivity contribution is 0.669. The van der Waals surface area contributed by atoms with Crippen molar-refractivity contribution in [1.29, 1.82) is 0 Å². The monoisotopic (exact) mass is 759 g/mol. The summed E-state index contributed by atoms with van der Waals surface area (Å²) >= 11 is 0. The van der Waals surface area contributed by atoms with Crippen molar-refractivity contribution >= 4 is 82.4 Å². The lowest BCUT2D eigenvalue weighted by atomic mass is 9.95. The van der Waals surface area contributed by atoms with Gasteiger partial charge in [0.25, 0.3) is 0 Å². The lowest BCUT2D eigenvalue weighted by Gasteiger charge is -2.29. The fourth-order valence-corrected chi connectivity index (χ4v) is 8.87. The zero-order valence-corrected chi connectivity index (χ0v) is 31.5. The fourth-order valence-electron chi connectivity index (χ4n) is 8.87. The molecule has 0 aliphatic rings. The molecule has 10 aromatic carbocycles.